The average molecular weight is 912 g/mol. The Morgan fingerprint density at radius 3 is 1.23 bits per heavy atom. The molecule has 0 atom stereocenters. The summed E-state index contributed by atoms with van der Waals surface area (Å²) in [5.74, 6) is 3.59. The molecule has 0 aromatic heterocycles. The van der Waals surface area contributed by atoms with E-state index in [1.54, 1.807) is 0 Å². The highest BCUT2D eigenvalue weighted by Crippen LogP contribution is 2.24. The van der Waals surface area contributed by atoms with Crippen LogP contribution in [0.3, 0.4) is 0 Å². The van der Waals surface area contributed by atoms with Gasteiger partial charge >= 0.3 is 0 Å². The Kier molecular flexibility index (Phi) is 41.6. The molecule has 1 aromatic carbocycles. The molecule has 65 heavy (non-hydrogen) atoms. The fourth-order valence-corrected chi connectivity index (χ4v) is 9.63. The first kappa shape index (κ1) is 60.9. The minimum absolute atomic E-state index is 0.272. The summed E-state index contributed by atoms with van der Waals surface area (Å²) in [6.07, 6.45) is 47.5. The van der Waals surface area contributed by atoms with Gasteiger partial charge in [-0.15, -0.1) is 0 Å². The van der Waals surface area contributed by atoms with E-state index in [0.717, 1.165) is 107 Å². The summed E-state index contributed by atoms with van der Waals surface area (Å²) < 4.78 is 12.3. The molecule has 0 aliphatic rings. The molecule has 0 radical (unpaired) electrons. The minimum atomic E-state index is -0.317. The van der Waals surface area contributed by atoms with Gasteiger partial charge in [-0.25, -0.2) is 0 Å². The zero-order valence-electron chi connectivity index (χ0n) is 44.3. The molecule has 1 aromatic rings. The molecule has 0 heterocycles. The Hall–Kier alpha value is -2.08. The van der Waals surface area contributed by atoms with Crippen LogP contribution >= 0.6 is 0 Å². The molecule has 6 heteroatoms. The summed E-state index contributed by atoms with van der Waals surface area (Å²) in [7, 11) is 0. The number of hydrogen-bond donors (Lipinski definition) is 1. The van der Waals surface area contributed by atoms with Gasteiger partial charge in [0.2, 0.25) is 10.9 Å². The van der Waals surface area contributed by atoms with Crippen molar-refractivity contribution in [3.05, 3.63) is 50.7 Å². The molecule has 0 aliphatic carbocycles. The standard InChI is InChI=1S/C59H110N2O4/c1-8-13-18-30-39-54(40-31-19-14-9-2)44-50-64-52(6)37-28-24-22-26-34-47-61(49-36-46-60-57-56(43-17-12-5)58(62)59(57)63)48-35-27-23-25-29-38-53(7)65-51-45-55(41-32-20-15-10-3)42-33-21-16-11-4/h54-55,60H,6-51H2,1-5H3. The molecule has 0 spiro atoms. The fraction of sp³-hybridized carbons (Fsp3) is 0.864. The zero-order chi connectivity index (χ0) is 47.4. The smallest absolute Gasteiger partial charge is 0.249 e. The van der Waals surface area contributed by atoms with E-state index >= 15 is 0 Å². The van der Waals surface area contributed by atoms with Gasteiger partial charge in [0.15, 0.2) is 0 Å². The molecule has 380 valence electrons. The molecule has 0 saturated heterocycles. The molecule has 0 aliphatic heterocycles. The second-order valence-electron chi connectivity index (χ2n) is 20.3. The van der Waals surface area contributed by atoms with Crippen LogP contribution in [-0.2, 0) is 15.9 Å². The predicted octanol–water partition coefficient (Wildman–Crippen LogP) is 17.4. The van der Waals surface area contributed by atoms with Crippen molar-refractivity contribution >= 4 is 5.69 Å². The van der Waals surface area contributed by atoms with Crippen molar-refractivity contribution < 1.29 is 9.47 Å². The maximum atomic E-state index is 12.3. The molecule has 0 amide bonds. The van der Waals surface area contributed by atoms with Crippen LogP contribution in [0.25, 0.3) is 0 Å². The fourth-order valence-electron chi connectivity index (χ4n) is 9.63. The summed E-state index contributed by atoms with van der Waals surface area (Å²) in [5, 5.41) is 3.35. The van der Waals surface area contributed by atoms with Crippen LogP contribution in [0.1, 0.15) is 278 Å². The molecule has 1 N–H and O–H groups in total. The summed E-state index contributed by atoms with van der Waals surface area (Å²) in [4.78, 5) is 27.1. The quantitative estimate of drug-likeness (QED) is 0.0399. The van der Waals surface area contributed by atoms with E-state index in [9.17, 15) is 9.59 Å². The Morgan fingerprint density at radius 2 is 0.815 bits per heavy atom. The van der Waals surface area contributed by atoms with E-state index in [0.29, 0.717) is 5.69 Å². The van der Waals surface area contributed by atoms with Crippen LogP contribution in [0.5, 0.6) is 0 Å². The van der Waals surface area contributed by atoms with Gasteiger partial charge in [0.05, 0.1) is 30.4 Å². The number of nitrogens with one attached hydrogen (secondary N) is 1. The first-order chi connectivity index (χ1) is 31.8. The van der Waals surface area contributed by atoms with Gasteiger partial charge in [0, 0.05) is 24.9 Å². The molecular formula is C59H110N2O4. The van der Waals surface area contributed by atoms with Crippen molar-refractivity contribution in [3.63, 3.8) is 0 Å². The minimum Gasteiger partial charge on any atom is -0.499 e. The summed E-state index contributed by atoms with van der Waals surface area (Å²) in [6, 6.07) is 0. The maximum Gasteiger partial charge on any atom is 0.249 e. The zero-order valence-corrected chi connectivity index (χ0v) is 44.3. The Bertz CT molecular complexity index is 1220. The van der Waals surface area contributed by atoms with Gasteiger partial charge in [-0.05, 0) is 89.3 Å². The van der Waals surface area contributed by atoms with E-state index in [2.05, 4.69) is 58.0 Å². The normalized spacial score (nSPS) is 11.8. The number of unbranched alkanes of at least 4 members (excludes halogenated alkanes) is 21. The lowest BCUT2D eigenvalue weighted by atomic mass is 9.92. The van der Waals surface area contributed by atoms with Gasteiger partial charge < -0.3 is 19.7 Å². The van der Waals surface area contributed by atoms with Crippen molar-refractivity contribution in [1.29, 1.82) is 0 Å². The van der Waals surface area contributed by atoms with E-state index in [4.69, 9.17) is 9.47 Å². The Balaban J connectivity index is 2.42. The van der Waals surface area contributed by atoms with Crippen molar-refractivity contribution in [2.24, 2.45) is 11.8 Å². The highest BCUT2D eigenvalue weighted by atomic mass is 16.5. The summed E-state index contributed by atoms with van der Waals surface area (Å²) >= 11 is 0. The van der Waals surface area contributed by atoms with Gasteiger partial charge in [-0.3, -0.25) is 9.59 Å². The van der Waals surface area contributed by atoms with Crippen LogP contribution < -0.4 is 16.2 Å². The van der Waals surface area contributed by atoms with E-state index in [1.807, 2.05) is 0 Å². The van der Waals surface area contributed by atoms with Crippen LogP contribution in [0, 0.1) is 11.8 Å². The molecule has 0 fully saturated rings. The second kappa shape index (κ2) is 44.4. The maximum absolute atomic E-state index is 12.3. The van der Waals surface area contributed by atoms with Crippen molar-refractivity contribution in [2.75, 3.05) is 44.7 Å². The van der Waals surface area contributed by atoms with Crippen LogP contribution in [0.2, 0.25) is 0 Å². The number of ether oxygens (including phenoxy) is 2. The Labute approximate surface area is 404 Å². The van der Waals surface area contributed by atoms with Crippen molar-refractivity contribution in [2.45, 2.75) is 279 Å². The lowest BCUT2D eigenvalue weighted by molar-refractivity contribution is 0.174. The number of hydrogen-bond acceptors (Lipinski definition) is 6. The van der Waals surface area contributed by atoms with Gasteiger partial charge in [0.1, 0.15) is 0 Å². The van der Waals surface area contributed by atoms with Crippen molar-refractivity contribution in [1.82, 2.24) is 4.90 Å². The molecule has 1 rings (SSSR count). The third kappa shape index (κ3) is 34.0. The molecule has 0 bridgehead atoms. The topological polar surface area (TPSA) is 67.9 Å². The van der Waals surface area contributed by atoms with Crippen molar-refractivity contribution in [3.8, 4) is 0 Å². The van der Waals surface area contributed by atoms with Gasteiger partial charge in [-0.1, -0.05) is 221 Å². The average Bonchev–Trinajstić information content (AvgIpc) is 3.30. The SMILES string of the molecule is C=C(CCCCCCCN(CCCCCCCC(=C)OCCC(CCCCCC)CCCCCC)CCCNc1c(CCCC)c(=O)c1=O)OCCC(CCCCCC)CCCCCC. The predicted molar refractivity (Wildman–Crippen MR) is 286 cm³/mol. The lowest BCUT2D eigenvalue weighted by Gasteiger charge is -2.23. The third-order valence-corrected chi connectivity index (χ3v) is 14.1. The highest BCUT2D eigenvalue weighted by Gasteiger charge is 2.19. The number of anilines is 1. The summed E-state index contributed by atoms with van der Waals surface area (Å²) in [6.45, 7) is 25.6. The summed E-state index contributed by atoms with van der Waals surface area (Å²) in [5.41, 5.74) is 0.731. The largest absolute Gasteiger partial charge is 0.499 e. The van der Waals surface area contributed by atoms with Crippen LogP contribution in [0.15, 0.2) is 34.3 Å². The molecule has 0 unspecified atom stereocenters. The highest BCUT2D eigenvalue weighted by molar-refractivity contribution is 5.56. The van der Waals surface area contributed by atoms with E-state index < -0.39 is 0 Å². The van der Waals surface area contributed by atoms with E-state index in [1.165, 1.54) is 205 Å². The third-order valence-electron chi connectivity index (χ3n) is 14.1. The van der Waals surface area contributed by atoms with Gasteiger partial charge in [-0.2, -0.15) is 0 Å². The Morgan fingerprint density at radius 1 is 0.446 bits per heavy atom. The van der Waals surface area contributed by atoms with Crippen LogP contribution in [-0.4, -0.2) is 44.3 Å². The second-order valence-corrected chi connectivity index (χ2v) is 20.3. The monoisotopic (exact) mass is 911 g/mol. The van der Waals surface area contributed by atoms with Gasteiger partial charge in [0.25, 0.3) is 0 Å². The number of rotatable bonds is 52. The lowest BCUT2D eigenvalue weighted by Crippen LogP contribution is -2.39. The molecule has 0 saturated carbocycles. The van der Waals surface area contributed by atoms with Crippen LogP contribution in [0.4, 0.5) is 5.69 Å². The molecular weight excluding hydrogens is 801 g/mol. The first-order valence-electron chi connectivity index (χ1n) is 28.7. The number of allylic oxidation sites excluding steroid dienone is 2. The first-order valence-corrected chi connectivity index (χ1v) is 28.7. The van der Waals surface area contributed by atoms with E-state index in [-0.39, 0.29) is 10.9 Å². The number of nitrogens with zero attached hydrogens (tertiary/aromatic N) is 1. The molecule has 6 nitrogen and oxygen atoms in total.